The molecule has 0 saturated carbocycles. The normalized spacial score (nSPS) is 12.5. The van der Waals surface area contributed by atoms with Gasteiger partial charge in [0.25, 0.3) is 0 Å². The van der Waals surface area contributed by atoms with E-state index in [2.05, 4.69) is 90.3 Å². The van der Waals surface area contributed by atoms with E-state index in [0.717, 1.165) is 0 Å². The van der Waals surface area contributed by atoms with Gasteiger partial charge in [-0.15, -0.1) is 0 Å². The van der Waals surface area contributed by atoms with E-state index in [4.69, 9.17) is 0 Å². The number of benzene rings is 4. The average molecular weight is 387 g/mol. The molecule has 0 atom stereocenters. The van der Waals surface area contributed by atoms with Crippen LogP contribution in [0.25, 0.3) is 65.4 Å². The minimum Gasteiger partial charge on any atom is -0.354 e. The second kappa shape index (κ2) is 5.25. The Morgan fingerprint density at radius 2 is 0.800 bits per heavy atom. The van der Waals surface area contributed by atoms with Gasteiger partial charge in [0.2, 0.25) is 0 Å². The van der Waals surface area contributed by atoms with Gasteiger partial charge in [0.15, 0.2) is 0 Å². The number of hydrogen-bond donors (Lipinski definition) is 3. The van der Waals surface area contributed by atoms with E-state index in [1.54, 1.807) is 0 Å². The predicted octanol–water partition coefficient (Wildman–Crippen LogP) is 7.52. The van der Waals surface area contributed by atoms with Crippen LogP contribution in [-0.4, -0.2) is 15.0 Å². The Kier molecular flexibility index (Phi) is 2.82. The molecule has 0 aliphatic rings. The number of hydrogen-bond acceptors (Lipinski definition) is 0. The van der Waals surface area contributed by atoms with Crippen LogP contribution >= 0.6 is 0 Å². The van der Waals surface area contributed by atoms with Crippen molar-refractivity contribution in [1.82, 2.24) is 15.0 Å². The third-order valence-electron chi connectivity index (χ3n) is 6.61. The largest absolute Gasteiger partial charge is 0.354 e. The van der Waals surface area contributed by atoms with Crippen LogP contribution in [0.1, 0.15) is 16.7 Å². The van der Waals surface area contributed by atoms with Crippen LogP contribution in [0.5, 0.6) is 0 Å². The molecule has 7 rings (SSSR count). The van der Waals surface area contributed by atoms with E-state index < -0.39 is 0 Å². The van der Waals surface area contributed by atoms with Gasteiger partial charge >= 0.3 is 0 Å². The molecule has 0 fully saturated rings. The lowest BCUT2D eigenvalue weighted by atomic mass is 10.00. The van der Waals surface area contributed by atoms with Crippen molar-refractivity contribution in [3.8, 4) is 0 Å². The topological polar surface area (TPSA) is 47.4 Å². The first-order chi connectivity index (χ1) is 14.6. The highest BCUT2D eigenvalue weighted by molar-refractivity contribution is 6.39. The quantitative estimate of drug-likeness (QED) is 0.241. The molecule has 0 unspecified atom stereocenters. The smallest absolute Gasteiger partial charge is 0.0732 e. The summed E-state index contributed by atoms with van der Waals surface area (Å²) in [7, 11) is 0. The molecule has 3 nitrogen and oxygen atoms in total. The van der Waals surface area contributed by atoms with Crippen molar-refractivity contribution >= 4 is 65.4 Å². The third-order valence-corrected chi connectivity index (χ3v) is 6.61. The minimum atomic E-state index is 1.18. The molecule has 4 aromatic carbocycles. The molecule has 0 spiro atoms. The molecule has 0 bridgehead atoms. The molecule has 0 aliphatic heterocycles. The monoisotopic (exact) mass is 387 g/mol. The SMILES string of the molecule is Cc1ccc2[nH]c3c4[nH]c5ccc(C)cc5c4c4c5cc(C)ccc5[nH]c4c3c2c1. The maximum Gasteiger partial charge on any atom is 0.0732 e. The van der Waals surface area contributed by atoms with Crippen LogP contribution in [-0.2, 0) is 0 Å². The van der Waals surface area contributed by atoms with Crippen molar-refractivity contribution in [2.24, 2.45) is 0 Å². The highest BCUT2D eigenvalue weighted by Crippen LogP contribution is 2.44. The van der Waals surface area contributed by atoms with Gasteiger partial charge in [0, 0.05) is 48.9 Å². The van der Waals surface area contributed by atoms with Gasteiger partial charge in [-0.05, 0) is 57.2 Å². The van der Waals surface area contributed by atoms with Crippen LogP contribution in [0.15, 0.2) is 54.6 Å². The highest BCUT2D eigenvalue weighted by Gasteiger charge is 2.20. The Morgan fingerprint density at radius 3 is 1.30 bits per heavy atom. The van der Waals surface area contributed by atoms with E-state index in [9.17, 15) is 0 Å². The van der Waals surface area contributed by atoms with Crippen molar-refractivity contribution in [2.45, 2.75) is 20.8 Å². The summed E-state index contributed by atoms with van der Waals surface area (Å²) in [5.74, 6) is 0. The third kappa shape index (κ3) is 1.90. The number of rotatable bonds is 0. The fraction of sp³-hybridized carbons (Fsp3) is 0.111. The summed E-state index contributed by atoms with van der Waals surface area (Å²) >= 11 is 0. The first-order valence-electron chi connectivity index (χ1n) is 10.5. The second-order valence-electron chi connectivity index (χ2n) is 8.77. The van der Waals surface area contributed by atoms with Gasteiger partial charge in [-0.3, -0.25) is 0 Å². The zero-order chi connectivity index (χ0) is 20.1. The van der Waals surface area contributed by atoms with Crippen molar-refractivity contribution in [3.63, 3.8) is 0 Å². The van der Waals surface area contributed by atoms with Crippen molar-refractivity contribution < 1.29 is 0 Å². The number of nitrogens with one attached hydrogen (secondary N) is 3. The Hall–Kier alpha value is -3.72. The van der Waals surface area contributed by atoms with E-state index in [0.29, 0.717) is 0 Å². The summed E-state index contributed by atoms with van der Waals surface area (Å²) in [5.41, 5.74) is 11.0. The lowest BCUT2D eigenvalue weighted by Gasteiger charge is -2.02. The lowest BCUT2D eigenvalue weighted by Crippen LogP contribution is -1.78. The highest BCUT2D eigenvalue weighted by atomic mass is 14.8. The molecule has 3 N–H and O–H groups in total. The van der Waals surface area contributed by atoms with E-state index in [1.807, 2.05) is 0 Å². The molecule has 30 heavy (non-hydrogen) atoms. The Labute approximate surface area is 172 Å². The van der Waals surface area contributed by atoms with Gasteiger partial charge in [-0.2, -0.15) is 0 Å². The lowest BCUT2D eigenvalue weighted by molar-refractivity contribution is 1.47. The Balaban J connectivity index is 1.91. The molecule has 3 heterocycles. The van der Waals surface area contributed by atoms with Crippen LogP contribution in [0.4, 0.5) is 0 Å². The molecule has 3 heteroatoms. The van der Waals surface area contributed by atoms with Gasteiger partial charge < -0.3 is 15.0 Å². The molecule has 0 aliphatic carbocycles. The number of fused-ring (bicyclic) bond motifs is 12. The van der Waals surface area contributed by atoms with Crippen molar-refractivity contribution in [2.75, 3.05) is 0 Å². The van der Waals surface area contributed by atoms with Crippen LogP contribution in [0.3, 0.4) is 0 Å². The maximum absolute atomic E-state index is 3.77. The number of aromatic amines is 3. The fourth-order valence-corrected chi connectivity index (χ4v) is 5.26. The molecular formula is C27H21N3. The first-order valence-corrected chi connectivity index (χ1v) is 10.5. The van der Waals surface area contributed by atoms with Gasteiger partial charge in [0.05, 0.1) is 16.6 Å². The molecule has 144 valence electrons. The van der Waals surface area contributed by atoms with Crippen molar-refractivity contribution in [1.29, 1.82) is 0 Å². The zero-order valence-electron chi connectivity index (χ0n) is 17.2. The maximum atomic E-state index is 3.77. The van der Waals surface area contributed by atoms with Gasteiger partial charge in [-0.1, -0.05) is 34.9 Å². The Bertz CT molecular complexity index is 1820. The predicted molar refractivity (Wildman–Crippen MR) is 129 cm³/mol. The second-order valence-corrected chi connectivity index (χ2v) is 8.77. The average Bonchev–Trinajstić information content (AvgIpc) is 3.38. The molecule has 7 aromatic rings. The minimum absolute atomic E-state index is 1.18. The van der Waals surface area contributed by atoms with E-state index >= 15 is 0 Å². The fourth-order valence-electron chi connectivity index (χ4n) is 5.26. The molecule has 0 saturated heterocycles. The molecule has 0 radical (unpaired) electrons. The van der Waals surface area contributed by atoms with E-state index in [-0.39, 0.29) is 0 Å². The van der Waals surface area contributed by atoms with Crippen LogP contribution in [0, 0.1) is 20.8 Å². The number of aryl methyl sites for hydroxylation is 3. The zero-order valence-corrected chi connectivity index (χ0v) is 17.2. The summed E-state index contributed by atoms with van der Waals surface area (Å²) in [5, 5.41) is 7.74. The first kappa shape index (κ1) is 16.1. The molecule has 3 aromatic heterocycles. The summed E-state index contributed by atoms with van der Waals surface area (Å²) in [6, 6.07) is 20.1. The van der Waals surface area contributed by atoms with Crippen molar-refractivity contribution in [3.05, 3.63) is 71.3 Å². The summed E-state index contributed by atoms with van der Waals surface area (Å²) in [4.78, 5) is 11.2. The number of H-pyrrole nitrogens is 3. The summed E-state index contributed by atoms with van der Waals surface area (Å²) < 4.78 is 0. The van der Waals surface area contributed by atoms with Crippen LogP contribution < -0.4 is 0 Å². The van der Waals surface area contributed by atoms with Gasteiger partial charge in [0.1, 0.15) is 0 Å². The van der Waals surface area contributed by atoms with Crippen LogP contribution in [0.2, 0.25) is 0 Å². The Morgan fingerprint density at radius 1 is 0.433 bits per heavy atom. The van der Waals surface area contributed by atoms with Gasteiger partial charge in [-0.25, -0.2) is 0 Å². The van der Waals surface area contributed by atoms with E-state index in [1.165, 1.54) is 82.1 Å². The molecular weight excluding hydrogens is 366 g/mol. The summed E-state index contributed by atoms with van der Waals surface area (Å²) in [6.07, 6.45) is 0. The summed E-state index contributed by atoms with van der Waals surface area (Å²) in [6.45, 7) is 6.50. The number of aromatic nitrogens is 3. The standard InChI is InChI=1S/C27H21N3/c1-13-4-7-19-16(10-13)22-23-17-11-14(2)5-8-20(17)29-26(23)27-24(25(22)28-19)18-12-15(3)6-9-21(18)30-27/h4-12,28-30H,1-3H3. The molecule has 0 amide bonds.